The molecule has 1 N–H and O–H groups in total. The highest BCUT2D eigenvalue weighted by Crippen LogP contribution is 2.30. The van der Waals surface area contributed by atoms with Crippen molar-refractivity contribution in [1.29, 1.82) is 0 Å². The molecule has 0 saturated heterocycles. The summed E-state index contributed by atoms with van der Waals surface area (Å²) in [6.07, 6.45) is 5.65. The number of benzene rings is 3. The minimum atomic E-state index is -3.95. The van der Waals surface area contributed by atoms with Crippen molar-refractivity contribution in [2.24, 2.45) is 0 Å². The van der Waals surface area contributed by atoms with E-state index < -0.39 is 22.0 Å². The van der Waals surface area contributed by atoms with E-state index in [1.807, 2.05) is 60.7 Å². The number of nitrogens with zero attached hydrogens (tertiary/aromatic N) is 2. The van der Waals surface area contributed by atoms with Crippen molar-refractivity contribution in [3.63, 3.8) is 0 Å². The summed E-state index contributed by atoms with van der Waals surface area (Å²) in [5.74, 6) is -1.02. The second-order valence-electron chi connectivity index (χ2n) is 11.0. The van der Waals surface area contributed by atoms with Crippen LogP contribution in [0.2, 0.25) is 0 Å². The minimum absolute atomic E-state index is 0.00524. The van der Waals surface area contributed by atoms with Crippen LogP contribution in [0.4, 0.5) is 0 Å². The van der Waals surface area contributed by atoms with Crippen molar-refractivity contribution < 1.29 is 22.8 Å². The fraction of sp³-hybridized carbons (Fsp3) is 0.364. The SMILES string of the molecule is O=C(NC1CCCCC1)[C@H](Cc1ccccc1)N(Cc1ccccc1)C(=O)CCCN1C(=O)c2ccccc2S1(=O)=O. The van der Waals surface area contributed by atoms with Crippen LogP contribution < -0.4 is 5.32 Å². The Labute approximate surface area is 247 Å². The average Bonchev–Trinajstić information content (AvgIpc) is 3.20. The summed E-state index contributed by atoms with van der Waals surface area (Å²) >= 11 is 0. The molecule has 1 heterocycles. The molecule has 3 aromatic rings. The summed E-state index contributed by atoms with van der Waals surface area (Å²) in [6.45, 7) is 0.125. The number of rotatable bonds is 11. The lowest BCUT2D eigenvalue weighted by atomic mass is 9.94. The molecule has 0 spiro atoms. The van der Waals surface area contributed by atoms with E-state index in [1.54, 1.807) is 17.0 Å². The molecule has 0 bridgehead atoms. The number of hydrogen-bond donors (Lipinski definition) is 1. The van der Waals surface area contributed by atoms with Gasteiger partial charge in [0, 0.05) is 32.0 Å². The molecule has 1 aliphatic heterocycles. The van der Waals surface area contributed by atoms with Crippen molar-refractivity contribution in [1.82, 2.24) is 14.5 Å². The largest absolute Gasteiger partial charge is 0.352 e. The molecule has 42 heavy (non-hydrogen) atoms. The van der Waals surface area contributed by atoms with Crippen molar-refractivity contribution in [3.8, 4) is 0 Å². The van der Waals surface area contributed by atoms with Gasteiger partial charge in [0.25, 0.3) is 15.9 Å². The van der Waals surface area contributed by atoms with E-state index in [4.69, 9.17) is 0 Å². The van der Waals surface area contributed by atoms with Gasteiger partial charge in [0.05, 0.1) is 5.56 Å². The Morgan fingerprint density at radius 2 is 1.48 bits per heavy atom. The Kier molecular flexibility index (Phi) is 9.37. The average molecular weight is 588 g/mol. The first-order chi connectivity index (χ1) is 20.3. The molecule has 1 saturated carbocycles. The maximum Gasteiger partial charge on any atom is 0.269 e. The van der Waals surface area contributed by atoms with Crippen LogP contribution in [0.25, 0.3) is 0 Å². The van der Waals surface area contributed by atoms with Gasteiger partial charge in [-0.05, 0) is 42.5 Å². The van der Waals surface area contributed by atoms with Crippen molar-refractivity contribution in [3.05, 3.63) is 102 Å². The lowest BCUT2D eigenvalue weighted by Crippen LogP contribution is -2.52. The van der Waals surface area contributed by atoms with Crippen LogP contribution in [-0.2, 0) is 32.6 Å². The van der Waals surface area contributed by atoms with Crippen molar-refractivity contribution in [2.45, 2.75) is 74.9 Å². The lowest BCUT2D eigenvalue weighted by Gasteiger charge is -2.33. The Balaban J connectivity index is 1.36. The first-order valence-corrected chi connectivity index (χ1v) is 16.1. The second kappa shape index (κ2) is 13.3. The van der Waals surface area contributed by atoms with Crippen LogP contribution >= 0.6 is 0 Å². The number of sulfonamides is 1. The van der Waals surface area contributed by atoms with Crippen LogP contribution in [-0.4, -0.2) is 54.0 Å². The molecule has 1 aliphatic carbocycles. The van der Waals surface area contributed by atoms with Gasteiger partial charge in [0.2, 0.25) is 11.8 Å². The molecular formula is C33H37N3O5S. The predicted octanol–water partition coefficient (Wildman–Crippen LogP) is 4.70. The quantitative estimate of drug-likeness (QED) is 0.350. The first kappa shape index (κ1) is 29.5. The van der Waals surface area contributed by atoms with Gasteiger partial charge in [0.1, 0.15) is 10.9 Å². The summed E-state index contributed by atoms with van der Waals surface area (Å²) in [4.78, 5) is 42.2. The van der Waals surface area contributed by atoms with Crippen molar-refractivity contribution in [2.75, 3.05) is 6.54 Å². The van der Waals surface area contributed by atoms with Crippen LogP contribution in [0, 0.1) is 0 Å². The zero-order chi connectivity index (χ0) is 29.5. The molecule has 1 atom stereocenters. The fourth-order valence-corrected chi connectivity index (χ4v) is 7.46. The summed E-state index contributed by atoms with van der Waals surface area (Å²) in [5, 5.41) is 3.22. The first-order valence-electron chi connectivity index (χ1n) is 14.7. The molecule has 0 radical (unpaired) electrons. The molecule has 3 aromatic carbocycles. The number of carbonyl (C=O) groups excluding carboxylic acids is 3. The highest BCUT2D eigenvalue weighted by atomic mass is 32.2. The Bertz CT molecular complexity index is 1500. The van der Waals surface area contributed by atoms with Gasteiger partial charge < -0.3 is 10.2 Å². The van der Waals surface area contributed by atoms with Crippen molar-refractivity contribution >= 4 is 27.7 Å². The maximum absolute atomic E-state index is 13.9. The van der Waals surface area contributed by atoms with E-state index in [9.17, 15) is 22.8 Å². The van der Waals surface area contributed by atoms with Gasteiger partial charge >= 0.3 is 0 Å². The second-order valence-corrected chi connectivity index (χ2v) is 12.9. The lowest BCUT2D eigenvalue weighted by molar-refractivity contribution is -0.141. The molecule has 3 amide bonds. The summed E-state index contributed by atoms with van der Waals surface area (Å²) in [6, 6.07) is 24.7. The van der Waals surface area contributed by atoms with Crippen LogP contribution in [0.15, 0.2) is 89.8 Å². The number of amides is 3. The number of fused-ring (bicyclic) bond motifs is 1. The molecule has 9 heteroatoms. The molecule has 0 aromatic heterocycles. The van der Waals surface area contributed by atoms with E-state index in [0.717, 1.165) is 41.1 Å². The Morgan fingerprint density at radius 1 is 0.857 bits per heavy atom. The molecule has 1 fully saturated rings. The van der Waals surface area contributed by atoms with E-state index >= 15 is 0 Å². The third kappa shape index (κ3) is 6.73. The van der Waals surface area contributed by atoms with Crippen LogP contribution in [0.5, 0.6) is 0 Å². The molecule has 2 aliphatic rings. The summed E-state index contributed by atoms with van der Waals surface area (Å²) < 4.78 is 26.8. The monoisotopic (exact) mass is 587 g/mol. The summed E-state index contributed by atoms with van der Waals surface area (Å²) in [5.41, 5.74) is 1.98. The highest BCUT2D eigenvalue weighted by Gasteiger charge is 2.40. The summed E-state index contributed by atoms with van der Waals surface area (Å²) in [7, 11) is -3.95. The number of nitrogens with one attached hydrogen (secondary N) is 1. The number of hydrogen-bond acceptors (Lipinski definition) is 5. The minimum Gasteiger partial charge on any atom is -0.352 e. The van der Waals surface area contributed by atoms with Gasteiger partial charge in [-0.15, -0.1) is 0 Å². The molecule has 0 unspecified atom stereocenters. The third-order valence-electron chi connectivity index (χ3n) is 8.08. The normalized spacial score (nSPS) is 17.0. The topological polar surface area (TPSA) is 104 Å². The maximum atomic E-state index is 13.9. The van der Waals surface area contributed by atoms with E-state index in [2.05, 4.69) is 5.32 Å². The van der Waals surface area contributed by atoms with Gasteiger partial charge in [-0.3, -0.25) is 14.4 Å². The standard InChI is InChI=1S/C33H37N3O5S/c37-31(21-12-22-36-33(39)28-19-10-11-20-30(28)42(36,40)41)35(24-26-15-6-2-7-16-26)29(23-25-13-4-1-5-14-25)32(38)34-27-17-8-3-9-18-27/h1-2,4-7,10-11,13-16,19-20,27,29H,3,8-9,12,17-18,21-24H2,(H,34,38)/t29-/m0/s1. The predicted molar refractivity (Wildman–Crippen MR) is 160 cm³/mol. The highest BCUT2D eigenvalue weighted by molar-refractivity contribution is 7.90. The van der Waals surface area contributed by atoms with E-state index in [1.165, 1.54) is 18.6 Å². The van der Waals surface area contributed by atoms with Crippen LogP contribution in [0.1, 0.15) is 66.4 Å². The third-order valence-corrected chi connectivity index (χ3v) is 9.92. The van der Waals surface area contributed by atoms with E-state index in [0.29, 0.717) is 6.42 Å². The van der Waals surface area contributed by atoms with E-state index in [-0.39, 0.29) is 54.2 Å². The fourth-order valence-electron chi connectivity index (χ4n) is 5.85. The Morgan fingerprint density at radius 3 is 2.14 bits per heavy atom. The van der Waals surface area contributed by atoms with Gasteiger partial charge in [0.15, 0.2) is 0 Å². The number of carbonyl (C=O) groups is 3. The zero-order valence-corrected chi connectivity index (χ0v) is 24.5. The molecule has 8 nitrogen and oxygen atoms in total. The Hall–Kier alpha value is -3.98. The molecule has 220 valence electrons. The smallest absolute Gasteiger partial charge is 0.269 e. The molecular weight excluding hydrogens is 550 g/mol. The van der Waals surface area contributed by atoms with Gasteiger partial charge in [-0.1, -0.05) is 92.1 Å². The molecule has 5 rings (SSSR count). The van der Waals surface area contributed by atoms with Gasteiger partial charge in [-0.25, -0.2) is 12.7 Å². The zero-order valence-electron chi connectivity index (χ0n) is 23.7. The van der Waals surface area contributed by atoms with Crippen LogP contribution in [0.3, 0.4) is 0 Å². The van der Waals surface area contributed by atoms with Gasteiger partial charge in [-0.2, -0.15) is 0 Å².